The highest BCUT2D eigenvalue weighted by Gasteiger charge is 2.23. The molecule has 4 N–H and O–H groups in total. The highest BCUT2D eigenvalue weighted by atomic mass is 32.2. The number of hydrogen-bond donors (Lipinski definition) is 3. The van der Waals surface area contributed by atoms with Crippen molar-refractivity contribution in [3.63, 3.8) is 0 Å². The quantitative estimate of drug-likeness (QED) is 0.226. The number of carboxylic acid groups (broad SMARTS) is 1. The molecule has 2 unspecified atom stereocenters. The summed E-state index contributed by atoms with van der Waals surface area (Å²) in [4.78, 5) is 26.3. The fourth-order valence-electron chi connectivity index (χ4n) is 4.29. The number of ether oxygens (including phenoxy) is 1. The number of unbranched alkanes of at least 4 members (excludes halogenated alkanes) is 1. The molecular weight excluding hydrogens is 530 g/mol. The minimum Gasteiger partial charge on any atom is -0.481 e. The average Bonchev–Trinajstić information content (AvgIpc) is 2.93. The normalized spacial score (nSPS) is 12.8. The van der Waals surface area contributed by atoms with E-state index in [0.29, 0.717) is 53.9 Å². The highest BCUT2D eigenvalue weighted by Crippen LogP contribution is 2.29. The lowest BCUT2D eigenvalue weighted by molar-refractivity contribution is -0.123. The van der Waals surface area contributed by atoms with Crippen LogP contribution in [0.3, 0.4) is 0 Å². The Hall–Kier alpha value is -3.89. The molecule has 3 rings (SSSR count). The smallest absolute Gasteiger partial charge is 0.408 e. The van der Waals surface area contributed by atoms with Crippen LogP contribution in [0.1, 0.15) is 51.3 Å². The van der Waals surface area contributed by atoms with Crippen LogP contribution in [0, 0.1) is 0 Å². The van der Waals surface area contributed by atoms with Gasteiger partial charge in [-0.25, -0.2) is 13.2 Å². The molecule has 0 aromatic heterocycles. The van der Waals surface area contributed by atoms with Gasteiger partial charge in [-0.2, -0.15) is 0 Å². The summed E-state index contributed by atoms with van der Waals surface area (Å²) in [6.07, 6.45) is 1.11. The molecular formula is C30H37N3O6S. The molecule has 2 amide bonds. The highest BCUT2D eigenvalue weighted by molar-refractivity contribution is 7.90. The lowest BCUT2D eigenvalue weighted by Crippen LogP contribution is -2.39. The molecule has 0 bridgehead atoms. The summed E-state index contributed by atoms with van der Waals surface area (Å²) in [6, 6.07) is 20.5. The minimum absolute atomic E-state index is 0.238. The fraction of sp³-hybridized carbons (Fsp3) is 0.333. The van der Waals surface area contributed by atoms with Crippen molar-refractivity contribution in [2.45, 2.75) is 56.7 Å². The third kappa shape index (κ3) is 8.06. The number of hydrogen-bond acceptors (Lipinski definition) is 6. The predicted molar refractivity (Wildman–Crippen MR) is 156 cm³/mol. The fourth-order valence-corrected chi connectivity index (χ4v) is 5.20. The number of nitrogens with zero attached hydrogens (tertiary/aromatic N) is 1. The number of rotatable bonds is 13. The molecule has 9 nitrogen and oxygen atoms in total. The van der Waals surface area contributed by atoms with Crippen LogP contribution < -0.4 is 15.8 Å². The van der Waals surface area contributed by atoms with E-state index in [2.05, 4.69) is 5.32 Å². The van der Waals surface area contributed by atoms with Gasteiger partial charge in [0, 0.05) is 24.1 Å². The molecule has 214 valence electrons. The lowest BCUT2D eigenvalue weighted by atomic mass is 10.1. The lowest BCUT2D eigenvalue weighted by Gasteiger charge is -2.27. The van der Waals surface area contributed by atoms with Crippen LogP contribution in [0.25, 0.3) is 11.1 Å². The topological polar surface area (TPSA) is 139 Å². The summed E-state index contributed by atoms with van der Waals surface area (Å²) < 4.78 is 30.4. The van der Waals surface area contributed by atoms with E-state index in [1.807, 2.05) is 13.8 Å². The van der Waals surface area contributed by atoms with Crippen LogP contribution in [0.15, 0.2) is 77.7 Å². The van der Waals surface area contributed by atoms with E-state index in [1.165, 1.54) is 11.2 Å². The number of anilines is 1. The third-order valence-corrected chi connectivity index (χ3v) is 7.56. The predicted octanol–water partition coefficient (Wildman–Crippen LogP) is 5.68. The first-order chi connectivity index (χ1) is 19.0. The summed E-state index contributed by atoms with van der Waals surface area (Å²) in [7, 11) is -3.41. The molecule has 0 radical (unpaired) electrons. The Labute approximate surface area is 235 Å². The second-order valence-corrected chi connectivity index (χ2v) is 11.6. The standard InChI is InChI=1S/C30H37N3O6S/c1-4-6-19-33(30(35)36)28(31)22-11-9-12-24(20-22)39-26(10-5-2)29(34)32-23-17-15-21(16-18-23)25-13-7-8-14-27(25)40(3,37)38/h7-9,11-18,20,26,28H,4-6,10,19,31H2,1-3H3,(H,32,34)(H,35,36). The Kier molecular flexibility index (Phi) is 10.7. The van der Waals surface area contributed by atoms with Crippen LogP contribution >= 0.6 is 0 Å². The number of benzene rings is 3. The number of amides is 2. The van der Waals surface area contributed by atoms with Crippen molar-refractivity contribution >= 4 is 27.5 Å². The van der Waals surface area contributed by atoms with Crippen LogP contribution in [0.5, 0.6) is 5.75 Å². The molecule has 0 saturated heterocycles. The second kappa shape index (κ2) is 14.0. The summed E-state index contributed by atoms with van der Waals surface area (Å²) in [5, 5.41) is 12.5. The monoisotopic (exact) mass is 567 g/mol. The van der Waals surface area contributed by atoms with Crippen LogP contribution in [-0.2, 0) is 14.6 Å². The number of sulfone groups is 1. The van der Waals surface area contributed by atoms with Gasteiger partial charge in [-0.05, 0) is 54.3 Å². The minimum atomic E-state index is -3.41. The van der Waals surface area contributed by atoms with Gasteiger partial charge in [0.15, 0.2) is 15.9 Å². The molecule has 0 spiro atoms. The van der Waals surface area contributed by atoms with Crippen LogP contribution in [0.2, 0.25) is 0 Å². The van der Waals surface area contributed by atoms with E-state index in [9.17, 15) is 23.1 Å². The van der Waals surface area contributed by atoms with E-state index >= 15 is 0 Å². The Morgan fingerprint density at radius 1 is 1.00 bits per heavy atom. The Balaban J connectivity index is 1.74. The SMILES string of the molecule is CCCCN(C(=O)O)C(N)c1cccc(OC(CCC)C(=O)Nc2ccc(-c3ccccc3S(C)(=O)=O)cc2)c1. The third-order valence-electron chi connectivity index (χ3n) is 6.41. The number of carbonyl (C=O) groups is 2. The Bertz CT molecular complexity index is 1410. The van der Waals surface area contributed by atoms with Gasteiger partial charge >= 0.3 is 6.09 Å². The van der Waals surface area contributed by atoms with Gasteiger partial charge in [0.2, 0.25) is 0 Å². The Morgan fingerprint density at radius 2 is 1.70 bits per heavy atom. The van der Waals surface area contributed by atoms with Gasteiger partial charge < -0.3 is 20.9 Å². The van der Waals surface area contributed by atoms with Crippen molar-refractivity contribution in [1.82, 2.24) is 4.90 Å². The molecule has 3 aromatic carbocycles. The first-order valence-electron chi connectivity index (χ1n) is 13.3. The zero-order valence-corrected chi connectivity index (χ0v) is 23.9. The molecule has 0 aliphatic heterocycles. The van der Waals surface area contributed by atoms with Crippen molar-refractivity contribution in [3.8, 4) is 16.9 Å². The largest absolute Gasteiger partial charge is 0.481 e. The maximum Gasteiger partial charge on any atom is 0.408 e. The first-order valence-corrected chi connectivity index (χ1v) is 15.2. The Morgan fingerprint density at radius 3 is 2.33 bits per heavy atom. The molecule has 2 atom stereocenters. The second-order valence-electron chi connectivity index (χ2n) is 9.58. The van der Waals surface area contributed by atoms with Crippen LogP contribution in [0.4, 0.5) is 10.5 Å². The number of nitrogens with two attached hydrogens (primary N) is 1. The van der Waals surface area contributed by atoms with Gasteiger partial charge in [0.05, 0.1) is 4.90 Å². The van der Waals surface area contributed by atoms with E-state index in [-0.39, 0.29) is 10.8 Å². The van der Waals surface area contributed by atoms with Crippen molar-refractivity contribution < 1.29 is 27.9 Å². The van der Waals surface area contributed by atoms with Crippen molar-refractivity contribution in [2.24, 2.45) is 5.73 Å². The van der Waals surface area contributed by atoms with Gasteiger partial charge in [-0.3, -0.25) is 9.69 Å². The molecule has 0 saturated carbocycles. The summed E-state index contributed by atoms with van der Waals surface area (Å²) >= 11 is 0. The molecule has 40 heavy (non-hydrogen) atoms. The van der Waals surface area contributed by atoms with E-state index in [0.717, 1.165) is 6.42 Å². The number of carbonyl (C=O) groups excluding carboxylic acids is 1. The molecule has 0 aliphatic rings. The molecule has 0 aliphatic carbocycles. The summed E-state index contributed by atoms with van der Waals surface area (Å²) in [6.45, 7) is 4.24. The van der Waals surface area contributed by atoms with Crippen LogP contribution in [-0.4, -0.2) is 49.3 Å². The van der Waals surface area contributed by atoms with Crippen molar-refractivity contribution in [2.75, 3.05) is 18.1 Å². The zero-order chi connectivity index (χ0) is 29.3. The molecule has 0 heterocycles. The van der Waals surface area contributed by atoms with Gasteiger partial charge in [-0.1, -0.05) is 69.2 Å². The van der Waals surface area contributed by atoms with Crippen molar-refractivity contribution in [3.05, 3.63) is 78.4 Å². The molecule has 10 heteroatoms. The average molecular weight is 568 g/mol. The van der Waals surface area contributed by atoms with E-state index in [4.69, 9.17) is 10.5 Å². The molecule has 3 aromatic rings. The summed E-state index contributed by atoms with van der Waals surface area (Å²) in [5.41, 5.74) is 8.67. The van der Waals surface area contributed by atoms with E-state index < -0.39 is 28.2 Å². The van der Waals surface area contributed by atoms with Gasteiger partial charge in [0.25, 0.3) is 5.91 Å². The molecule has 0 fully saturated rings. The zero-order valence-electron chi connectivity index (χ0n) is 23.0. The first kappa shape index (κ1) is 30.6. The van der Waals surface area contributed by atoms with Gasteiger partial charge in [-0.15, -0.1) is 0 Å². The van der Waals surface area contributed by atoms with E-state index in [1.54, 1.807) is 72.8 Å². The van der Waals surface area contributed by atoms with Gasteiger partial charge in [0.1, 0.15) is 11.9 Å². The maximum absolute atomic E-state index is 13.2. The maximum atomic E-state index is 13.2. The number of nitrogens with one attached hydrogen (secondary N) is 1. The summed E-state index contributed by atoms with van der Waals surface area (Å²) in [5.74, 6) is 0.0751. The van der Waals surface area contributed by atoms with Crippen molar-refractivity contribution in [1.29, 1.82) is 0 Å².